The van der Waals surface area contributed by atoms with E-state index in [0.717, 1.165) is 12.9 Å². The van der Waals surface area contributed by atoms with Crippen molar-refractivity contribution in [2.45, 2.75) is 6.92 Å². The van der Waals surface area contributed by atoms with Gasteiger partial charge in [0.25, 0.3) is 5.91 Å². The Morgan fingerprint density at radius 1 is 1.00 bits per heavy atom. The summed E-state index contributed by atoms with van der Waals surface area (Å²) in [6, 6.07) is 8.63. The molecule has 0 fully saturated rings. The van der Waals surface area contributed by atoms with Gasteiger partial charge in [-0.15, -0.1) is 0 Å². The number of carbonyl (C=O) groups excluding carboxylic acids is 1. The normalized spacial score (nSPS) is 10.7. The van der Waals surface area contributed by atoms with Gasteiger partial charge in [-0.25, -0.2) is 23.7 Å². The van der Waals surface area contributed by atoms with Gasteiger partial charge in [0, 0.05) is 29.8 Å². The van der Waals surface area contributed by atoms with Crippen LogP contribution in [-0.4, -0.2) is 32.5 Å². The summed E-state index contributed by atoms with van der Waals surface area (Å²) in [6.07, 6.45) is 4.86. The summed E-state index contributed by atoms with van der Waals surface area (Å²) in [5.41, 5.74) is 0.281. The first kappa shape index (κ1) is 21.8. The van der Waals surface area contributed by atoms with Gasteiger partial charge >= 0.3 is 0 Å². The fourth-order valence-electron chi connectivity index (χ4n) is 3.08. The van der Waals surface area contributed by atoms with Crippen LogP contribution in [0.5, 0.6) is 5.75 Å². The van der Waals surface area contributed by atoms with Crippen LogP contribution in [0.1, 0.15) is 16.2 Å². The maximum atomic E-state index is 14.3. The molecule has 4 aromatic rings. The highest BCUT2D eigenvalue weighted by Gasteiger charge is 2.23. The molecule has 11 heteroatoms. The molecule has 0 aliphatic rings. The molecule has 0 radical (unpaired) electrons. The topological polar surface area (TPSA) is 94.0 Å². The summed E-state index contributed by atoms with van der Waals surface area (Å²) in [7, 11) is 0.978. The summed E-state index contributed by atoms with van der Waals surface area (Å²) in [5.74, 6) is -4.17. The van der Waals surface area contributed by atoms with Crippen LogP contribution in [0.25, 0.3) is 5.82 Å². The van der Waals surface area contributed by atoms with E-state index < -0.39 is 34.7 Å². The molecule has 8 nitrogen and oxygen atoms in total. The van der Waals surface area contributed by atoms with Crippen LogP contribution < -0.4 is 15.4 Å². The van der Waals surface area contributed by atoms with Crippen molar-refractivity contribution in [1.29, 1.82) is 0 Å². The predicted octanol–water partition coefficient (Wildman–Crippen LogP) is 4.39. The van der Waals surface area contributed by atoms with Crippen molar-refractivity contribution >= 4 is 23.1 Å². The van der Waals surface area contributed by atoms with Gasteiger partial charge in [0.15, 0.2) is 17.4 Å². The molecule has 2 heterocycles. The highest BCUT2D eigenvalue weighted by molar-refractivity contribution is 6.04. The van der Waals surface area contributed by atoms with E-state index >= 15 is 0 Å². The molecule has 2 N–H and O–H groups in total. The SMILES string of the molecule is COc1c(F)c(F)cc(C(=O)Nc2ccc(Nc3cc(-n4ccnc4C)ncn3)cc2)c1F. The van der Waals surface area contributed by atoms with Gasteiger partial charge in [-0.2, -0.15) is 4.39 Å². The molecule has 33 heavy (non-hydrogen) atoms. The van der Waals surface area contributed by atoms with Crippen molar-refractivity contribution in [3.8, 4) is 11.6 Å². The van der Waals surface area contributed by atoms with Crippen LogP contribution in [0.2, 0.25) is 0 Å². The molecule has 0 unspecified atom stereocenters. The molecule has 4 rings (SSSR count). The lowest BCUT2D eigenvalue weighted by molar-refractivity contribution is 0.102. The zero-order valence-electron chi connectivity index (χ0n) is 17.4. The fraction of sp³-hybridized carbons (Fsp3) is 0.0909. The average molecular weight is 454 g/mol. The van der Waals surface area contributed by atoms with Crippen molar-refractivity contribution < 1.29 is 22.7 Å². The quantitative estimate of drug-likeness (QED) is 0.420. The molecule has 1 amide bonds. The molecular weight excluding hydrogens is 437 g/mol. The Bertz CT molecular complexity index is 1320. The van der Waals surface area contributed by atoms with E-state index in [1.165, 1.54) is 6.33 Å². The number of halogens is 3. The number of benzene rings is 2. The average Bonchev–Trinajstić information content (AvgIpc) is 3.24. The summed E-state index contributed by atoms with van der Waals surface area (Å²) in [5, 5.41) is 5.55. The van der Waals surface area contributed by atoms with Crippen LogP contribution in [0, 0.1) is 24.4 Å². The Balaban J connectivity index is 1.48. The third-order valence-electron chi connectivity index (χ3n) is 4.71. The fourth-order valence-corrected chi connectivity index (χ4v) is 3.08. The monoisotopic (exact) mass is 454 g/mol. The lowest BCUT2D eigenvalue weighted by Crippen LogP contribution is -2.15. The van der Waals surface area contributed by atoms with Gasteiger partial charge < -0.3 is 15.4 Å². The number of hydrogen-bond donors (Lipinski definition) is 2. The minimum Gasteiger partial charge on any atom is -0.491 e. The first-order valence-corrected chi connectivity index (χ1v) is 9.59. The Kier molecular flexibility index (Phi) is 5.94. The van der Waals surface area contributed by atoms with Crippen LogP contribution in [-0.2, 0) is 0 Å². The number of imidazole rings is 1. The van der Waals surface area contributed by atoms with Gasteiger partial charge in [0.2, 0.25) is 5.82 Å². The van der Waals surface area contributed by atoms with Crippen molar-refractivity contribution in [2.75, 3.05) is 17.7 Å². The van der Waals surface area contributed by atoms with Crippen LogP contribution >= 0.6 is 0 Å². The lowest BCUT2D eigenvalue weighted by atomic mass is 10.1. The highest BCUT2D eigenvalue weighted by atomic mass is 19.2. The van der Waals surface area contributed by atoms with Crippen LogP contribution in [0.15, 0.2) is 55.1 Å². The van der Waals surface area contributed by atoms with Crippen molar-refractivity contribution in [1.82, 2.24) is 19.5 Å². The second-order valence-electron chi connectivity index (χ2n) is 6.83. The van der Waals surface area contributed by atoms with Crippen LogP contribution in [0.3, 0.4) is 0 Å². The maximum Gasteiger partial charge on any atom is 0.258 e. The number of nitrogens with one attached hydrogen (secondary N) is 2. The van der Waals surface area contributed by atoms with E-state index in [4.69, 9.17) is 0 Å². The van der Waals surface area contributed by atoms with Gasteiger partial charge in [0.1, 0.15) is 23.8 Å². The number of anilines is 3. The number of nitrogens with zero attached hydrogens (tertiary/aromatic N) is 4. The molecule has 2 aromatic heterocycles. The van der Waals surface area contributed by atoms with Gasteiger partial charge in [-0.3, -0.25) is 9.36 Å². The number of carbonyl (C=O) groups is 1. The first-order chi connectivity index (χ1) is 15.9. The van der Waals surface area contributed by atoms with E-state index in [2.05, 4.69) is 30.3 Å². The smallest absolute Gasteiger partial charge is 0.258 e. The summed E-state index contributed by atoms with van der Waals surface area (Å²) in [4.78, 5) is 25.0. The molecule has 0 aliphatic heterocycles. The molecule has 2 aromatic carbocycles. The standard InChI is InChI=1S/C22H17F3N6O2/c1-12-26-7-8-31(12)18-10-17(27-11-28-18)29-13-3-5-14(6-4-13)30-22(32)15-9-16(23)20(25)21(33-2)19(15)24/h3-11H,1-2H3,(H,30,32)(H,27,28,29). The number of rotatable bonds is 6. The lowest BCUT2D eigenvalue weighted by Gasteiger charge is -2.11. The van der Waals surface area contributed by atoms with E-state index in [0.29, 0.717) is 29.1 Å². The highest BCUT2D eigenvalue weighted by Crippen LogP contribution is 2.28. The van der Waals surface area contributed by atoms with Crippen LogP contribution in [0.4, 0.5) is 30.4 Å². The van der Waals surface area contributed by atoms with Crippen molar-refractivity contribution in [3.05, 3.63) is 84.0 Å². The zero-order valence-corrected chi connectivity index (χ0v) is 17.4. The second kappa shape index (κ2) is 8.99. The van der Waals surface area contributed by atoms with Gasteiger partial charge in [-0.05, 0) is 37.3 Å². The number of ether oxygens (including phenoxy) is 1. The number of methoxy groups -OCH3 is 1. The Morgan fingerprint density at radius 3 is 2.39 bits per heavy atom. The van der Waals surface area contributed by atoms with E-state index in [1.54, 1.807) is 47.3 Å². The number of amides is 1. The predicted molar refractivity (Wildman–Crippen MR) is 114 cm³/mol. The largest absolute Gasteiger partial charge is 0.491 e. The van der Waals surface area contributed by atoms with E-state index in [9.17, 15) is 18.0 Å². The molecule has 0 spiro atoms. The summed E-state index contributed by atoms with van der Waals surface area (Å²) < 4.78 is 47.9. The van der Waals surface area contributed by atoms with Crippen molar-refractivity contribution in [2.24, 2.45) is 0 Å². The Hall–Kier alpha value is -4.41. The number of hydrogen-bond acceptors (Lipinski definition) is 6. The maximum absolute atomic E-state index is 14.3. The first-order valence-electron chi connectivity index (χ1n) is 9.59. The third kappa shape index (κ3) is 4.47. The molecule has 0 saturated carbocycles. The zero-order chi connectivity index (χ0) is 23.5. The molecule has 168 valence electrons. The third-order valence-corrected chi connectivity index (χ3v) is 4.71. The van der Waals surface area contributed by atoms with Gasteiger partial charge in [-0.1, -0.05) is 0 Å². The molecule has 0 aliphatic carbocycles. The van der Waals surface area contributed by atoms with Crippen molar-refractivity contribution in [3.63, 3.8) is 0 Å². The summed E-state index contributed by atoms with van der Waals surface area (Å²) in [6.45, 7) is 1.85. The summed E-state index contributed by atoms with van der Waals surface area (Å²) >= 11 is 0. The molecular formula is C22H17F3N6O2. The number of aryl methyl sites for hydroxylation is 1. The Morgan fingerprint density at radius 2 is 1.73 bits per heavy atom. The van der Waals surface area contributed by atoms with Gasteiger partial charge in [0.05, 0.1) is 12.7 Å². The minimum atomic E-state index is -1.50. The minimum absolute atomic E-state index is 0.311. The molecule has 0 saturated heterocycles. The van der Waals surface area contributed by atoms with E-state index in [-0.39, 0.29) is 0 Å². The Labute approximate surface area is 186 Å². The molecule has 0 bridgehead atoms. The number of aromatic nitrogens is 4. The second-order valence-corrected chi connectivity index (χ2v) is 6.83. The van der Waals surface area contributed by atoms with E-state index in [1.807, 2.05) is 6.92 Å². The molecule has 0 atom stereocenters.